The van der Waals surface area contributed by atoms with Crippen molar-refractivity contribution in [2.45, 2.75) is 32.9 Å². The first-order valence-electron chi connectivity index (χ1n) is 13.5. The summed E-state index contributed by atoms with van der Waals surface area (Å²) in [5.74, 6) is 0. The first-order chi connectivity index (χ1) is 19.0. The molecule has 5 aromatic carbocycles. The number of hydrogen-bond acceptors (Lipinski definition) is 1. The highest BCUT2D eigenvalue weighted by Gasteiger charge is 2.48. The summed E-state index contributed by atoms with van der Waals surface area (Å²) in [5, 5.41) is 0. The Labute approximate surface area is 232 Å². The predicted octanol–water partition coefficient (Wildman–Crippen LogP) is 9.48. The van der Waals surface area contributed by atoms with E-state index < -0.39 is 8.10 Å². The highest BCUT2D eigenvalue weighted by atomic mass is 31.1. The minimum Gasteiger partial charge on any atom is -0.298 e. The molecule has 4 heteroatoms. The van der Waals surface area contributed by atoms with Gasteiger partial charge in [-0.05, 0) is 54.7 Å². The lowest BCUT2D eigenvalue weighted by molar-refractivity contribution is 0.587. The summed E-state index contributed by atoms with van der Waals surface area (Å²) >= 11 is 0. The summed E-state index contributed by atoms with van der Waals surface area (Å²) in [4.78, 5) is 0. The molecule has 39 heavy (non-hydrogen) atoms. The maximum Gasteiger partial charge on any atom is 0.252 e. The molecule has 1 aliphatic rings. The molecule has 0 N–H and O–H groups in total. The highest BCUT2D eigenvalue weighted by molar-refractivity contribution is 7.49. The average Bonchev–Trinajstić information content (AvgIpc) is 3.26. The Morgan fingerprint density at radius 2 is 1.03 bits per heavy atom. The maximum atomic E-state index is 15.1. The molecule has 194 valence electrons. The van der Waals surface area contributed by atoms with Crippen molar-refractivity contribution >= 4 is 19.5 Å². The van der Waals surface area contributed by atoms with Crippen LogP contribution >= 0.6 is 8.10 Å². The summed E-state index contributed by atoms with van der Waals surface area (Å²) < 4.78 is 19.5. The van der Waals surface area contributed by atoms with Crippen molar-refractivity contribution in [3.63, 3.8) is 0 Å². The van der Waals surface area contributed by atoms with Crippen LogP contribution in [-0.2, 0) is 4.57 Å². The fourth-order valence-electron chi connectivity index (χ4n) is 6.19. The minimum atomic E-state index is -2.50. The molecule has 1 fully saturated rings. The lowest BCUT2D eigenvalue weighted by atomic mass is 9.91. The molecule has 1 unspecified atom stereocenters. The third kappa shape index (κ3) is 4.58. The van der Waals surface area contributed by atoms with E-state index >= 15 is 4.57 Å². The van der Waals surface area contributed by atoms with Gasteiger partial charge in [0.2, 0.25) is 0 Å². The van der Waals surface area contributed by atoms with E-state index in [0.29, 0.717) is 0 Å². The molecule has 0 radical (unpaired) electrons. The molecule has 5 aromatic rings. The average molecular weight is 529 g/mol. The molecular weight excluding hydrogens is 495 g/mol. The Kier molecular flexibility index (Phi) is 6.85. The molecule has 0 aliphatic carbocycles. The third-order valence-electron chi connectivity index (χ3n) is 7.67. The van der Waals surface area contributed by atoms with Crippen molar-refractivity contribution in [3.8, 4) is 11.1 Å². The molecule has 1 aliphatic heterocycles. The fourth-order valence-corrected chi connectivity index (χ4v) is 8.42. The molecule has 3 nitrogen and oxygen atoms in total. The number of para-hydroxylation sites is 1. The van der Waals surface area contributed by atoms with Crippen molar-refractivity contribution in [2.75, 3.05) is 9.34 Å². The minimum absolute atomic E-state index is 0.135. The van der Waals surface area contributed by atoms with E-state index in [0.717, 1.165) is 44.8 Å². The van der Waals surface area contributed by atoms with Gasteiger partial charge in [0.05, 0.1) is 23.5 Å². The zero-order valence-electron chi connectivity index (χ0n) is 22.6. The molecule has 0 saturated carbocycles. The highest BCUT2D eigenvalue weighted by Crippen LogP contribution is 2.63. The molecule has 1 saturated heterocycles. The zero-order chi connectivity index (χ0) is 26.9. The van der Waals surface area contributed by atoms with E-state index in [-0.39, 0.29) is 12.1 Å². The maximum absolute atomic E-state index is 15.1. The second kappa shape index (κ2) is 10.6. The van der Waals surface area contributed by atoms with Gasteiger partial charge < -0.3 is 0 Å². The smallest absolute Gasteiger partial charge is 0.252 e. The first-order valence-corrected chi connectivity index (χ1v) is 14.8. The molecule has 0 bridgehead atoms. The largest absolute Gasteiger partial charge is 0.298 e. The Bertz CT molecular complexity index is 1600. The Balaban J connectivity index is 1.64. The molecule has 0 amide bonds. The first kappa shape index (κ1) is 25.2. The van der Waals surface area contributed by atoms with E-state index in [1.54, 1.807) is 0 Å². The number of anilines is 2. The third-order valence-corrected chi connectivity index (χ3v) is 9.52. The Morgan fingerprint density at radius 3 is 1.59 bits per heavy atom. The van der Waals surface area contributed by atoms with Gasteiger partial charge in [-0.25, -0.2) is 0 Å². The van der Waals surface area contributed by atoms with Crippen LogP contribution in [0.2, 0.25) is 0 Å². The van der Waals surface area contributed by atoms with Gasteiger partial charge in [0.1, 0.15) is 0 Å². The van der Waals surface area contributed by atoms with E-state index in [9.17, 15) is 0 Å². The van der Waals surface area contributed by atoms with Crippen LogP contribution in [0.25, 0.3) is 11.1 Å². The van der Waals surface area contributed by atoms with Crippen molar-refractivity contribution < 1.29 is 4.57 Å². The second-order valence-corrected chi connectivity index (χ2v) is 11.9. The van der Waals surface area contributed by atoms with Crippen molar-refractivity contribution in [3.05, 3.63) is 155 Å². The molecule has 3 atom stereocenters. The van der Waals surface area contributed by atoms with Crippen LogP contribution < -0.4 is 9.34 Å². The van der Waals surface area contributed by atoms with Gasteiger partial charge in [-0.1, -0.05) is 127 Å². The topological polar surface area (TPSA) is 23.6 Å². The molecular formula is C35H33N2OP. The van der Waals surface area contributed by atoms with Crippen molar-refractivity contribution in [2.24, 2.45) is 0 Å². The van der Waals surface area contributed by atoms with Crippen LogP contribution in [0.1, 0.15) is 39.9 Å². The number of benzene rings is 5. The number of aryl methyl sites for hydroxylation is 3. The molecule has 6 rings (SSSR count). The van der Waals surface area contributed by atoms with E-state index in [4.69, 9.17) is 0 Å². The van der Waals surface area contributed by atoms with Gasteiger partial charge in [-0.15, -0.1) is 0 Å². The van der Waals surface area contributed by atoms with Crippen molar-refractivity contribution in [1.29, 1.82) is 0 Å². The van der Waals surface area contributed by atoms with Gasteiger partial charge in [-0.2, -0.15) is 0 Å². The lowest BCUT2D eigenvalue weighted by Crippen LogP contribution is -2.24. The number of nitrogens with zero attached hydrogens (tertiary/aromatic N) is 2. The fraction of sp³-hybridized carbons (Fsp3) is 0.143. The van der Waals surface area contributed by atoms with Gasteiger partial charge >= 0.3 is 0 Å². The number of rotatable bonds is 5. The van der Waals surface area contributed by atoms with Gasteiger partial charge in [0.25, 0.3) is 8.10 Å². The Hall–Kier alpha value is -4.07. The van der Waals surface area contributed by atoms with Crippen molar-refractivity contribution in [1.82, 2.24) is 0 Å². The van der Waals surface area contributed by atoms with Crippen LogP contribution in [0.3, 0.4) is 0 Å². The van der Waals surface area contributed by atoms with E-state index in [1.807, 2.05) is 18.2 Å². The summed E-state index contributed by atoms with van der Waals surface area (Å²) in [7, 11) is -2.50. The van der Waals surface area contributed by atoms with Gasteiger partial charge in [0.15, 0.2) is 0 Å². The van der Waals surface area contributed by atoms with E-state index in [2.05, 4.69) is 139 Å². The Morgan fingerprint density at radius 1 is 0.564 bits per heavy atom. The molecule has 0 aromatic heterocycles. The zero-order valence-corrected chi connectivity index (χ0v) is 23.6. The lowest BCUT2D eigenvalue weighted by Gasteiger charge is -2.31. The predicted molar refractivity (Wildman–Crippen MR) is 165 cm³/mol. The van der Waals surface area contributed by atoms with Crippen LogP contribution in [-0.4, -0.2) is 0 Å². The van der Waals surface area contributed by atoms with Crippen LogP contribution in [0.5, 0.6) is 0 Å². The normalized spacial score (nSPS) is 18.9. The van der Waals surface area contributed by atoms with Crippen LogP contribution in [0.4, 0.5) is 11.4 Å². The van der Waals surface area contributed by atoms with Crippen LogP contribution in [0.15, 0.2) is 127 Å². The monoisotopic (exact) mass is 528 g/mol. The molecule has 1 heterocycles. The quantitative estimate of drug-likeness (QED) is 0.212. The van der Waals surface area contributed by atoms with E-state index in [1.165, 1.54) is 5.56 Å². The van der Waals surface area contributed by atoms with Gasteiger partial charge in [-0.3, -0.25) is 13.9 Å². The summed E-state index contributed by atoms with van der Waals surface area (Å²) in [6.07, 6.45) is 0. The summed E-state index contributed by atoms with van der Waals surface area (Å²) in [6, 6.07) is 44.1. The number of hydrogen-bond donors (Lipinski definition) is 0. The molecule has 0 spiro atoms. The standard InChI is InChI=1S/C35H33N2OP/c1-25-23-26(2)33(27(3)24-25)37-35(30-19-11-6-12-20-30)34(29-17-9-5-10-18-29)36(39(37)38)32-22-14-13-21-31(32)28-15-7-4-8-16-28/h4-24,34-35,39H,1-3H3/t34-,35-/m0/s1. The summed E-state index contributed by atoms with van der Waals surface area (Å²) in [5.41, 5.74) is 10.1. The SMILES string of the molecule is Cc1cc(C)c(N2[C@@H](c3ccccc3)[C@H](c3ccccc3)N(c3ccccc3-c3ccccc3)[PH]2=O)c(C)c1. The van der Waals surface area contributed by atoms with Gasteiger partial charge in [0, 0.05) is 5.56 Å². The van der Waals surface area contributed by atoms with Crippen LogP contribution in [0, 0.1) is 20.8 Å². The summed E-state index contributed by atoms with van der Waals surface area (Å²) in [6.45, 7) is 6.41. The second-order valence-electron chi connectivity index (χ2n) is 10.4.